The van der Waals surface area contributed by atoms with Crippen molar-refractivity contribution in [2.75, 3.05) is 0 Å². The molecule has 6 aromatic carbocycles. The summed E-state index contributed by atoms with van der Waals surface area (Å²) in [5.74, 6) is 6.11. The lowest BCUT2D eigenvalue weighted by Gasteiger charge is -2.22. The molecule has 10 rings (SSSR count). The van der Waals surface area contributed by atoms with Gasteiger partial charge < -0.3 is 0 Å². The predicted molar refractivity (Wildman–Crippen MR) is 212 cm³/mol. The van der Waals surface area contributed by atoms with E-state index in [4.69, 9.17) is 29.9 Å². The lowest BCUT2D eigenvalue weighted by molar-refractivity contribution is 0.420. The van der Waals surface area contributed by atoms with Crippen molar-refractivity contribution in [3.05, 3.63) is 157 Å². The van der Waals surface area contributed by atoms with Crippen molar-refractivity contribution < 1.29 is 0 Å². The third-order valence-corrected chi connectivity index (χ3v) is 11.1. The zero-order chi connectivity index (χ0) is 35.1. The maximum absolute atomic E-state index is 5.20. The highest BCUT2D eigenvalue weighted by atomic mass is 15.0. The van der Waals surface area contributed by atoms with E-state index in [1.165, 1.54) is 31.2 Å². The Hall–Kier alpha value is -6.40. The van der Waals surface area contributed by atoms with E-state index < -0.39 is 0 Å². The summed E-state index contributed by atoms with van der Waals surface area (Å²) in [6, 6.07) is 51.9. The van der Waals surface area contributed by atoms with E-state index in [2.05, 4.69) is 72.8 Å². The highest BCUT2D eigenvalue weighted by Crippen LogP contribution is 2.53. The summed E-state index contributed by atoms with van der Waals surface area (Å²) >= 11 is 0. The first-order valence-electron chi connectivity index (χ1n) is 18.5. The molecule has 2 aliphatic rings. The Balaban J connectivity index is 1.13. The Morgan fingerprint density at radius 1 is 0.377 bits per heavy atom. The molecule has 0 saturated heterocycles. The maximum Gasteiger partial charge on any atom is 0.164 e. The van der Waals surface area contributed by atoms with E-state index in [1.54, 1.807) is 0 Å². The average Bonchev–Trinajstić information content (AvgIpc) is 3.89. The third-order valence-electron chi connectivity index (χ3n) is 11.1. The predicted octanol–water partition coefficient (Wildman–Crippen LogP) is 11.1. The van der Waals surface area contributed by atoms with E-state index in [1.807, 2.05) is 78.9 Å². The van der Waals surface area contributed by atoms with Gasteiger partial charge in [-0.05, 0) is 65.5 Å². The van der Waals surface area contributed by atoms with Gasteiger partial charge in [0.15, 0.2) is 34.9 Å². The summed E-state index contributed by atoms with van der Waals surface area (Å²) in [7, 11) is 0. The van der Waals surface area contributed by atoms with Crippen LogP contribution in [0.25, 0.3) is 79.1 Å². The molecule has 0 amide bonds. The topological polar surface area (TPSA) is 77.3 Å². The fourth-order valence-electron chi connectivity index (χ4n) is 8.44. The van der Waals surface area contributed by atoms with Crippen LogP contribution in [-0.2, 0) is 0 Å². The maximum atomic E-state index is 5.20. The molecule has 0 aliphatic heterocycles. The molecule has 53 heavy (non-hydrogen) atoms. The largest absolute Gasteiger partial charge is 0.208 e. The number of hydrogen-bond donors (Lipinski definition) is 0. The van der Waals surface area contributed by atoms with Gasteiger partial charge in [0.05, 0.1) is 0 Å². The summed E-state index contributed by atoms with van der Waals surface area (Å²) in [6.45, 7) is 0. The fourth-order valence-corrected chi connectivity index (χ4v) is 8.44. The van der Waals surface area contributed by atoms with E-state index >= 15 is 0 Å². The number of fused-ring (bicyclic) bond motifs is 3. The summed E-state index contributed by atoms with van der Waals surface area (Å²) < 4.78 is 0. The van der Waals surface area contributed by atoms with Gasteiger partial charge in [-0.25, -0.2) is 29.9 Å². The van der Waals surface area contributed by atoms with Crippen LogP contribution >= 0.6 is 0 Å². The zero-order valence-electron chi connectivity index (χ0n) is 29.2. The second-order valence-electron chi connectivity index (χ2n) is 14.4. The Morgan fingerprint density at radius 3 is 1.36 bits per heavy atom. The summed E-state index contributed by atoms with van der Waals surface area (Å²) in [5.41, 5.74) is 6.96. The van der Waals surface area contributed by atoms with Gasteiger partial charge in [-0.15, -0.1) is 0 Å². The minimum Gasteiger partial charge on any atom is -0.208 e. The molecule has 2 fully saturated rings. The van der Waals surface area contributed by atoms with Gasteiger partial charge in [-0.2, -0.15) is 0 Å². The van der Waals surface area contributed by atoms with Crippen LogP contribution in [0.1, 0.15) is 37.2 Å². The molecule has 6 nitrogen and oxygen atoms in total. The van der Waals surface area contributed by atoms with Gasteiger partial charge in [-0.1, -0.05) is 146 Å². The second-order valence-corrected chi connectivity index (χ2v) is 14.4. The molecule has 0 radical (unpaired) electrons. The minimum atomic E-state index is 0.582. The van der Waals surface area contributed by atoms with Crippen LogP contribution in [0.4, 0.5) is 0 Å². The summed E-state index contributed by atoms with van der Waals surface area (Å²) in [6.07, 6.45) is 5.48. The Labute approximate surface area is 308 Å². The van der Waals surface area contributed by atoms with Crippen molar-refractivity contribution in [3.8, 4) is 68.3 Å². The molecule has 2 bridgehead atoms. The van der Waals surface area contributed by atoms with E-state index in [-0.39, 0.29) is 0 Å². The molecule has 2 aromatic heterocycles. The van der Waals surface area contributed by atoms with Crippen LogP contribution in [0, 0.1) is 11.8 Å². The Bertz CT molecular complexity index is 2510. The van der Waals surface area contributed by atoms with E-state index in [9.17, 15) is 0 Å². The average molecular weight is 685 g/mol. The molecular weight excluding hydrogens is 649 g/mol. The zero-order valence-corrected chi connectivity index (χ0v) is 29.2. The van der Waals surface area contributed by atoms with Crippen molar-refractivity contribution in [1.82, 2.24) is 29.9 Å². The van der Waals surface area contributed by atoms with Crippen molar-refractivity contribution in [3.63, 3.8) is 0 Å². The molecule has 0 N–H and O–H groups in total. The molecule has 0 spiro atoms. The van der Waals surface area contributed by atoms with Gasteiger partial charge in [-0.3, -0.25) is 0 Å². The van der Waals surface area contributed by atoms with Gasteiger partial charge >= 0.3 is 0 Å². The lowest BCUT2D eigenvalue weighted by atomic mass is 9.83. The van der Waals surface area contributed by atoms with Crippen molar-refractivity contribution in [1.29, 1.82) is 0 Å². The number of nitrogens with zero attached hydrogens (tertiary/aromatic N) is 6. The first kappa shape index (κ1) is 31.3. The number of aromatic nitrogens is 6. The van der Waals surface area contributed by atoms with Gasteiger partial charge in [0.1, 0.15) is 0 Å². The molecule has 2 saturated carbocycles. The van der Waals surface area contributed by atoms with Crippen molar-refractivity contribution in [2.45, 2.75) is 31.6 Å². The highest BCUT2D eigenvalue weighted by Gasteiger charge is 2.40. The molecule has 8 aromatic rings. The third kappa shape index (κ3) is 6.06. The quantitative estimate of drug-likeness (QED) is 0.166. The SMILES string of the molecule is c1ccc(-c2nc(-c3ccccc3)nc(-c3cc(-c4nc(-c5ccccc5)nc(-c5ccc(C6CC7CCC6C7)cc5)n4)c4ccccc4c3)n2)cc1. The highest BCUT2D eigenvalue weighted by molar-refractivity contribution is 5.98. The van der Waals surface area contributed by atoms with Crippen LogP contribution in [0.5, 0.6) is 0 Å². The van der Waals surface area contributed by atoms with Crippen LogP contribution < -0.4 is 0 Å². The lowest BCUT2D eigenvalue weighted by Crippen LogP contribution is -2.08. The minimum absolute atomic E-state index is 0.582. The van der Waals surface area contributed by atoms with Crippen LogP contribution in [0.2, 0.25) is 0 Å². The first-order chi connectivity index (χ1) is 26.2. The summed E-state index contributed by atoms with van der Waals surface area (Å²) in [5, 5.41) is 2.08. The first-order valence-corrected chi connectivity index (χ1v) is 18.5. The molecule has 2 heterocycles. The van der Waals surface area contributed by atoms with Crippen LogP contribution in [-0.4, -0.2) is 29.9 Å². The van der Waals surface area contributed by atoms with Crippen molar-refractivity contribution >= 4 is 10.8 Å². The second kappa shape index (κ2) is 13.3. The summed E-state index contributed by atoms with van der Waals surface area (Å²) in [4.78, 5) is 30.4. The van der Waals surface area contributed by atoms with Gasteiger partial charge in [0, 0.05) is 33.4 Å². The molecule has 254 valence electrons. The Kier molecular flexibility index (Phi) is 7.86. The van der Waals surface area contributed by atoms with Crippen LogP contribution in [0.3, 0.4) is 0 Å². The van der Waals surface area contributed by atoms with E-state index in [0.717, 1.165) is 56.0 Å². The monoisotopic (exact) mass is 684 g/mol. The Morgan fingerprint density at radius 2 is 0.849 bits per heavy atom. The van der Waals surface area contributed by atoms with E-state index in [0.29, 0.717) is 40.9 Å². The number of rotatable bonds is 7. The molecule has 2 aliphatic carbocycles. The van der Waals surface area contributed by atoms with Gasteiger partial charge in [0.25, 0.3) is 0 Å². The van der Waals surface area contributed by atoms with Crippen LogP contribution in [0.15, 0.2) is 152 Å². The molecule has 3 unspecified atom stereocenters. The number of benzene rings is 6. The molecular formula is C47H36N6. The number of hydrogen-bond acceptors (Lipinski definition) is 6. The fraction of sp³-hybridized carbons (Fsp3) is 0.149. The van der Waals surface area contributed by atoms with Gasteiger partial charge in [0.2, 0.25) is 0 Å². The molecule has 3 atom stereocenters. The smallest absolute Gasteiger partial charge is 0.164 e. The standard InChI is InChI=1S/C47H36N6/c1-4-12-32(13-5-1)42-48-43(33-14-6-2-7-15-33)51-46(50-42)38-28-36-18-10-11-19-39(36)41(29-38)47-52-44(34-16-8-3-9-17-34)49-45(53-47)35-24-22-31(23-25-35)40-27-30-20-21-37(40)26-30/h1-19,22-25,28-30,37,40H,20-21,26-27H2. The molecule has 6 heteroatoms. The van der Waals surface area contributed by atoms with Crippen molar-refractivity contribution in [2.24, 2.45) is 11.8 Å². The normalized spacial score (nSPS) is 17.7.